The van der Waals surface area contributed by atoms with Gasteiger partial charge in [-0.3, -0.25) is 9.89 Å². The quantitative estimate of drug-likeness (QED) is 0.417. The summed E-state index contributed by atoms with van der Waals surface area (Å²) < 4.78 is 5.51. The number of ether oxygens (including phenoxy) is 1. The number of nitrogens with one attached hydrogen (secondary N) is 2. The predicted molar refractivity (Wildman–Crippen MR) is 118 cm³/mol. The van der Waals surface area contributed by atoms with E-state index in [1.54, 1.807) is 7.11 Å². The van der Waals surface area contributed by atoms with Crippen molar-refractivity contribution in [3.63, 3.8) is 0 Å². The molecule has 1 amide bonds. The Labute approximate surface area is 177 Å². The molecule has 0 aliphatic carbocycles. The largest absolute Gasteiger partial charge is 0.494 e. The van der Waals surface area contributed by atoms with Crippen molar-refractivity contribution in [2.24, 2.45) is 0 Å². The fourth-order valence-corrected chi connectivity index (χ4v) is 3.88. The number of carbonyl (C=O) groups is 1. The summed E-state index contributed by atoms with van der Waals surface area (Å²) in [5, 5.41) is 11.2. The van der Waals surface area contributed by atoms with Gasteiger partial charge in [0.05, 0.1) is 18.2 Å². The third-order valence-electron chi connectivity index (χ3n) is 4.41. The molecule has 0 spiro atoms. The van der Waals surface area contributed by atoms with Crippen LogP contribution in [-0.2, 0) is 4.79 Å². The second kappa shape index (κ2) is 8.03. The van der Waals surface area contributed by atoms with Gasteiger partial charge < -0.3 is 15.8 Å². The van der Waals surface area contributed by atoms with Crippen LogP contribution in [0.2, 0.25) is 0 Å². The van der Waals surface area contributed by atoms with Crippen LogP contribution in [0.5, 0.6) is 5.75 Å². The van der Waals surface area contributed by atoms with Crippen LogP contribution >= 0.6 is 11.8 Å². The van der Waals surface area contributed by atoms with Gasteiger partial charge in [-0.05, 0) is 61.2 Å². The van der Waals surface area contributed by atoms with Crippen molar-refractivity contribution in [1.29, 1.82) is 0 Å². The van der Waals surface area contributed by atoms with Gasteiger partial charge in [-0.1, -0.05) is 0 Å². The maximum absolute atomic E-state index is 11.2. The number of amides is 1. The number of nitrogens with zero attached hydrogens (tertiary/aromatic N) is 3. The molecule has 152 valence electrons. The number of benzene rings is 2. The van der Waals surface area contributed by atoms with Crippen molar-refractivity contribution in [1.82, 2.24) is 20.2 Å². The monoisotopic (exact) mass is 420 g/mol. The lowest BCUT2D eigenvalue weighted by molar-refractivity contribution is -0.114. The van der Waals surface area contributed by atoms with Crippen molar-refractivity contribution in [2.75, 3.05) is 18.2 Å². The number of nitrogens with two attached hydrogens (primary N) is 1. The van der Waals surface area contributed by atoms with Gasteiger partial charge in [0.25, 0.3) is 0 Å². The Morgan fingerprint density at radius 1 is 1.17 bits per heavy atom. The number of nitrogen functional groups attached to an aromatic ring is 1. The van der Waals surface area contributed by atoms with Crippen LogP contribution < -0.4 is 15.8 Å². The number of hydrogen-bond acceptors (Lipinski definition) is 7. The summed E-state index contributed by atoms with van der Waals surface area (Å²) in [6.45, 7) is 3.41. The summed E-state index contributed by atoms with van der Waals surface area (Å²) in [5.74, 6) is 0.848. The number of aryl methyl sites for hydroxylation is 1. The molecule has 0 aliphatic heterocycles. The van der Waals surface area contributed by atoms with Crippen LogP contribution in [0.25, 0.3) is 22.2 Å². The molecule has 0 saturated carbocycles. The molecule has 0 aliphatic rings. The number of methoxy groups -OCH3 is 1. The average Bonchev–Trinajstić information content (AvgIpc) is 3.14. The van der Waals surface area contributed by atoms with E-state index < -0.39 is 0 Å². The second-order valence-corrected chi connectivity index (χ2v) is 7.71. The van der Waals surface area contributed by atoms with Crippen LogP contribution in [0.1, 0.15) is 12.6 Å². The molecular weight excluding hydrogens is 400 g/mol. The Morgan fingerprint density at radius 2 is 1.93 bits per heavy atom. The van der Waals surface area contributed by atoms with Crippen LogP contribution in [0.4, 0.5) is 11.5 Å². The molecule has 0 atom stereocenters. The van der Waals surface area contributed by atoms with E-state index in [2.05, 4.69) is 20.5 Å². The smallest absolute Gasteiger partial charge is 0.221 e. The van der Waals surface area contributed by atoms with Crippen LogP contribution in [0.3, 0.4) is 0 Å². The number of fused-ring (bicyclic) bond motifs is 1. The van der Waals surface area contributed by atoms with Gasteiger partial charge in [0.2, 0.25) is 5.91 Å². The SMILES string of the molecule is COc1ccc(-c2cc(C)[nH]n2)c2c(N)nc(Sc3ccc(NC(C)=O)cc3)nc12. The van der Waals surface area contributed by atoms with E-state index in [9.17, 15) is 4.79 Å². The highest BCUT2D eigenvalue weighted by molar-refractivity contribution is 7.99. The van der Waals surface area contributed by atoms with Gasteiger partial charge in [-0.2, -0.15) is 5.10 Å². The molecule has 2 heterocycles. The number of aromatic amines is 1. The zero-order valence-corrected chi connectivity index (χ0v) is 17.5. The summed E-state index contributed by atoms with van der Waals surface area (Å²) in [5.41, 5.74) is 10.3. The molecular formula is C21H20N6O2S. The minimum absolute atomic E-state index is 0.115. The number of anilines is 2. The first-order valence-electron chi connectivity index (χ1n) is 9.16. The van der Waals surface area contributed by atoms with Crippen molar-refractivity contribution in [3.05, 3.63) is 48.2 Å². The van der Waals surface area contributed by atoms with E-state index in [4.69, 9.17) is 15.5 Å². The van der Waals surface area contributed by atoms with Gasteiger partial charge >= 0.3 is 0 Å². The van der Waals surface area contributed by atoms with Gasteiger partial charge in [-0.15, -0.1) is 0 Å². The molecule has 8 nitrogen and oxygen atoms in total. The molecule has 4 N–H and O–H groups in total. The minimum Gasteiger partial charge on any atom is -0.494 e. The van der Waals surface area contributed by atoms with Crippen molar-refractivity contribution < 1.29 is 9.53 Å². The molecule has 0 radical (unpaired) electrons. The van der Waals surface area contributed by atoms with Gasteiger partial charge in [0.15, 0.2) is 5.16 Å². The summed E-state index contributed by atoms with van der Waals surface area (Å²) in [6.07, 6.45) is 0. The van der Waals surface area contributed by atoms with Gasteiger partial charge in [0.1, 0.15) is 17.1 Å². The van der Waals surface area contributed by atoms with E-state index >= 15 is 0 Å². The highest BCUT2D eigenvalue weighted by Crippen LogP contribution is 2.37. The average molecular weight is 420 g/mol. The Hall–Kier alpha value is -3.59. The van der Waals surface area contributed by atoms with E-state index in [0.29, 0.717) is 27.6 Å². The molecule has 4 rings (SSSR count). The first-order chi connectivity index (χ1) is 14.4. The summed E-state index contributed by atoms with van der Waals surface area (Å²) in [7, 11) is 1.60. The van der Waals surface area contributed by atoms with E-state index in [1.165, 1.54) is 18.7 Å². The molecule has 0 unspecified atom stereocenters. The van der Waals surface area contributed by atoms with Crippen molar-refractivity contribution >= 4 is 40.1 Å². The number of hydrogen-bond donors (Lipinski definition) is 3. The third kappa shape index (κ3) is 3.92. The highest BCUT2D eigenvalue weighted by atomic mass is 32.2. The van der Waals surface area contributed by atoms with Gasteiger partial charge in [-0.25, -0.2) is 9.97 Å². The van der Waals surface area contributed by atoms with E-state index in [0.717, 1.165) is 27.5 Å². The number of H-pyrrole nitrogens is 1. The molecule has 9 heteroatoms. The molecule has 0 bridgehead atoms. The Bertz CT molecular complexity index is 1240. The standard InChI is InChI=1S/C21H20N6O2S/c1-11-10-16(27-26-11)15-8-9-17(29-3)19-18(15)20(22)25-21(24-19)30-14-6-4-13(5-7-14)23-12(2)28/h4-10H,1-3H3,(H,23,28)(H,26,27)(H2,22,24,25). The molecule has 0 saturated heterocycles. The zero-order valence-electron chi connectivity index (χ0n) is 16.7. The first-order valence-corrected chi connectivity index (χ1v) is 9.98. The van der Waals surface area contributed by atoms with Crippen LogP contribution in [0, 0.1) is 6.92 Å². The number of carbonyl (C=O) groups excluding carboxylic acids is 1. The minimum atomic E-state index is -0.115. The third-order valence-corrected chi connectivity index (χ3v) is 5.28. The second-order valence-electron chi connectivity index (χ2n) is 6.67. The Kier molecular flexibility index (Phi) is 5.28. The van der Waals surface area contributed by atoms with Crippen LogP contribution in [0.15, 0.2) is 52.5 Å². The van der Waals surface area contributed by atoms with Crippen molar-refractivity contribution in [2.45, 2.75) is 23.9 Å². The van der Waals surface area contributed by atoms with E-state index in [-0.39, 0.29) is 5.91 Å². The molecule has 4 aromatic rings. The summed E-state index contributed by atoms with van der Waals surface area (Å²) in [4.78, 5) is 21.3. The lowest BCUT2D eigenvalue weighted by atomic mass is 10.0. The maximum Gasteiger partial charge on any atom is 0.221 e. The lowest BCUT2D eigenvalue weighted by Gasteiger charge is -2.12. The predicted octanol–water partition coefficient (Wildman–Crippen LogP) is 4.03. The summed E-state index contributed by atoms with van der Waals surface area (Å²) in [6, 6.07) is 13.1. The zero-order chi connectivity index (χ0) is 21.3. The van der Waals surface area contributed by atoms with Crippen LogP contribution in [-0.4, -0.2) is 33.2 Å². The molecule has 2 aromatic carbocycles. The Morgan fingerprint density at radius 3 is 2.57 bits per heavy atom. The molecule has 0 fully saturated rings. The fraction of sp³-hybridized carbons (Fsp3) is 0.143. The number of aromatic nitrogens is 4. The van der Waals surface area contributed by atoms with Gasteiger partial charge in [0, 0.05) is 28.8 Å². The molecule has 2 aromatic heterocycles. The van der Waals surface area contributed by atoms with Crippen molar-refractivity contribution in [3.8, 4) is 17.0 Å². The summed E-state index contributed by atoms with van der Waals surface area (Å²) >= 11 is 1.38. The highest BCUT2D eigenvalue weighted by Gasteiger charge is 2.17. The maximum atomic E-state index is 11.2. The topological polar surface area (TPSA) is 119 Å². The lowest BCUT2D eigenvalue weighted by Crippen LogP contribution is -2.05. The number of rotatable bonds is 5. The normalized spacial score (nSPS) is 10.9. The molecule has 30 heavy (non-hydrogen) atoms. The van der Waals surface area contributed by atoms with E-state index in [1.807, 2.05) is 49.4 Å². The fourth-order valence-electron chi connectivity index (χ4n) is 3.12. The first kappa shape index (κ1) is 19.7. The Balaban J connectivity index is 1.75.